The molecular formula is C12H22N4O. The summed E-state index contributed by atoms with van der Waals surface area (Å²) in [5, 5.41) is 6.11. The van der Waals surface area contributed by atoms with Crippen LogP contribution in [0, 0.1) is 0 Å². The summed E-state index contributed by atoms with van der Waals surface area (Å²) in [5.74, 6) is 0.133. The van der Waals surface area contributed by atoms with E-state index >= 15 is 0 Å². The van der Waals surface area contributed by atoms with Gasteiger partial charge in [-0.25, -0.2) is 4.98 Å². The van der Waals surface area contributed by atoms with E-state index in [9.17, 15) is 4.79 Å². The van der Waals surface area contributed by atoms with Crippen LogP contribution in [0.25, 0.3) is 0 Å². The fourth-order valence-corrected chi connectivity index (χ4v) is 1.49. The fourth-order valence-electron chi connectivity index (χ4n) is 1.49. The molecule has 0 radical (unpaired) electrons. The van der Waals surface area contributed by atoms with Crippen molar-refractivity contribution in [2.45, 2.75) is 32.7 Å². The first-order valence-corrected chi connectivity index (χ1v) is 6.26. The molecule has 0 bridgehead atoms. The molecule has 0 atom stereocenters. The Morgan fingerprint density at radius 2 is 2.24 bits per heavy atom. The highest BCUT2D eigenvalue weighted by atomic mass is 16.1. The van der Waals surface area contributed by atoms with E-state index in [0.717, 1.165) is 39.0 Å². The Labute approximate surface area is 103 Å². The van der Waals surface area contributed by atoms with Gasteiger partial charge in [-0.1, -0.05) is 6.92 Å². The van der Waals surface area contributed by atoms with E-state index in [2.05, 4.69) is 27.1 Å². The van der Waals surface area contributed by atoms with Crippen LogP contribution in [0.15, 0.2) is 18.7 Å². The van der Waals surface area contributed by atoms with Crippen LogP contribution in [0.3, 0.4) is 0 Å². The lowest BCUT2D eigenvalue weighted by molar-refractivity contribution is -0.120. The van der Waals surface area contributed by atoms with Crippen molar-refractivity contribution < 1.29 is 4.79 Å². The first-order chi connectivity index (χ1) is 8.33. The lowest BCUT2D eigenvalue weighted by Crippen LogP contribution is -2.28. The largest absolute Gasteiger partial charge is 0.356 e. The van der Waals surface area contributed by atoms with Crippen molar-refractivity contribution in [2.75, 3.05) is 19.6 Å². The van der Waals surface area contributed by atoms with E-state index in [0.29, 0.717) is 6.42 Å². The Hall–Kier alpha value is -1.36. The van der Waals surface area contributed by atoms with Crippen molar-refractivity contribution in [3.8, 4) is 0 Å². The molecule has 0 unspecified atom stereocenters. The molecule has 0 fully saturated rings. The maximum atomic E-state index is 11.3. The number of rotatable bonds is 9. The molecule has 0 saturated heterocycles. The second-order valence-corrected chi connectivity index (χ2v) is 4.00. The Kier molecular flexibility index (Phi) is 7.06. The van der Waals surface area contributed by atoms with Gasteiger partial charge in [-0.05, 0) is 19.4 Å². The Bertz CT molecular complexity index is 297. The summed E-state index contributed by atoms with van der Waals surface area (Å²) in [5.41, 5.74) is 0. The van der Waals surface area contributed by atoms with Gasteiger partial charge in [-0.2, -0.15) is 0 Å². The van der Waals surface area contributed by atoms with Gasteiger partial charge < -0.3 is 15.2 Å². The van der Waals surface area contributed by atoms with Crippen LogP contribution in [0.5, 0.6) is 0 Å². The van der Waals surface area contributed by atoms with Gasteiger partial charge in [-0.15, -0.1) is 0 Å². The molecule has 0 saturated carbocycles. The number of nitrogens with one attached hydrogen (secondary N) is 2. The standard InChI is InChI=1S/C12H22N4O/c1-2-5-15-12(17)4-7-13-6-3-9-16-10-8-14-11-16/h8,10-11,13H,2-7,9H2,1H3,(H,15,17). The van der Waals surface area contributed by atoms with Gasteiger partial charge >= 0.3 is 0 Å². The molecule has 0 aliphatic carbocycles. The second-order valence-electron chi connectivity index (χ2n) is 4.00. The minimum atomic E-state index is 0.133. The Morgan fingerprint density at radius 3 is 2.94 bits per heavy atom. The number of aryl methyl sites for hydroxylation is 1. The fraction of sp³-hybridized carbons (Fsp3) is 0.667. The predicted octanol–water partition coefficient (Wildman–Crippen LogP) is 0.779. The molecular weight excluding hydrogens is 216 g/mol. The molecule has 5 heteroatoms. The van der Waals surface area contributed by atoms with E-state index in [1.807, 2.05) is 12.5 Å². The van der Waals surface area contributed by atoms with Gasteiger partial charge in [0.2, 0.25) is 5.91 Å². The first-order valence-electron chi connectivity index (χ1n) is 6.26. The molecule has 1 heterocycles. The van der Waals surface area contributed by atoms with Gasteiger partial charge in [0.05, 0.1) is 6.33 Å². The summed E-state index contributed by atoms with van der Waals surface area (Å²) >= 11 is 0. The van der Waals surface area contributed by atoms with Gasteiger partial charge in [0, 0.05) is 38.4 Å². The molecule has 5 nitrogen and oxygen atoms in total. The second kappa shape index (κ2) is 8.75. The number of hydrogen-bond donors (Lipinski definition) is 2. The van der Waals surface area contributed by atoms with Crippen LogP contribution in [0.1, 0.15) is 26.2 Å². The molecule has 1 aromatic heterocycles. The van der Waals surface area contributed by atoms with Gasteiger partial charge in [-0.3, -0.25) is 4.79 Å². The van der Waals surface area contributed by atoms with Gasteiger partial charge in [0.1, 0.15) is 0 Å². The SMILES string of the molecule is CCCNC(=O)CCNCCCn1ccnc1. The van der Waals surface area contributed by atoms with Crippen molar-refractivity contribution in [2.24, 2.45) is 0 Å². The molecule has 96 valence electrons. The smallest absolute Gasteiger partial charge is 0.221 e. The average Bonchev–Trinajstić information content (AvgIpc) is 2.84. The highest BCUT2D eigenvalue weighted by Gasteiger charge is 1.98. The minimum Gasteiger partial charge on any atom is -0.356 e. The van der Waals surface area contributed by atoms with E-state index in [-0.39, 0.29) is 5.91 Å². The molecule has 1 amide bonds. The van der Waals surface area contributed by atoms with Gasteiger partial charge in [0.15, 0.2) is 0 Å². The maximum Gasteiger partial charge on any atom is 0.221 e. The van der Waals surface area contributed by atoms with Crippen LogP contribution in [0.4, 0.5) is 0 Å². The number of carbonyl (C=O) groups excluding carboxylic acids is 1. The van der Waals surface area contributed by atoms with Crippen molar-refractivity contribution in [3.63, 3.8) is 0 Å². The third kappa shape index (κ3) is 6.73. The van der Waals surface area contributed by atoms with E-state index in [4.69, 9.17) is 0 Å². The summed E-state index contributed by atoms with van der Waals surface area (Å²) in [6.45, 7) is 5.47. The van der Waals surface area contributed by atoms with Crippen LogP contribution in [-0.4, -0.2) is 35.1 Å². The summed E-state index contributed by atoms with van der Waals surface area (Å²) < 4.78 is 2.05. The number of aromatic nitrogens is 2. The number of hydrogen-bond acceptors (Lipinski definition) is 3. The normalized spacial score (nSPS) is 10.4. The topological polar surface area (TPSA) is 59.0 Å². The number of nitrogens with zero attached hydrogens (tertiary/aromatic N) is 2. The highest BCUT2D eigenvalue weighted by molar-refractivity contribution is 5.75. The maximum absolute atomic E-state index is 11.3. The highest BCUT2D eigenvalue weighted by Crippen LogP contribution is 1.89. The van der Waals surface area contributed by atoms with Crippen LogP contribution in [-0.2, 0) is 11.3 Å². The zero-order valence-corrected chi connectivity index (χ0v) is 10.5. The predicted molar refractivity (Wildman–Crippen MR) is 67.6 cm³/mol. The van der Waals surface area contributed by atoms with Gasteiger partial charge in [0.25, 0.3) is 0 Å². The van der Waals surface area contributed by atoms with E-state index < -0.39 is 0 Å². The molecule has 1 rings (SSSR count). The monoisotopic (exact) mass is 238 g/mol. The van der Waals surface area contributed by atoms with Crippen LogP contribution >= 0.6 is 0 Å². The third-order valence-corrected chi connectivity index (χ3v) is 2.43. The lowest BCUT2D eigenvalue weighted by Gasteiger charge is -2.06. The van der Waals surface area contributed by atoms with Crippen LogP contribution in [0.2, 0.25) is 0 Å². The number of imidazole rings is 1. The third-order valence-electron chi connectivity index (χ3n) is 2.43. The Balaban J connectivity index is 1.89. The molecule has 17 heavy (non-hydrogen) atoms. The number of carbonyl (C=O) groups is 1. The van der Waals surface area contributed by atoms with E-state index in [1.54, 1.807) is 6.20 Å². The molecule has 0 spiro atoms. The molecule has 1 aromatic rings. The molecule has 0 aromatic carbocycles. The summed E-state index contributed by atoms with van der Waals surface area (Å²) in [6.07, 6.45) is 8.16. The first kappa shape index (κ1) is 13.7. The Morgan fingerprint density at radius 1 is 1.35 bits per heavy atom. The average molecular weight is 238 g/mol. The summed E-state index contributed by atoms with van der Waals surface area (Å²) in [7, 11) is 0. The van der Waals surface area contributed by atoms with Crippen molar-refractivity contribution in [1.82, 2.24) is 20.2 Å². The molecule has 0 aliphatic heterocycles. The zero-order valence-electron chi connectivity index (χ0n) is 10.5. The van der Waals surface area contributed by atoms with Crippen molar-refractivity contribution >= 4 is 5.91 Å². The van der Waals surface area contributed by atoms with Crippen molar-refractivity contribution in [3.05, 3.63) is 18.7 Å². The van der Waals surface area contributed by atoms with E-state index in [1.165, 1.54) is 0 Å². The summed E-state index contributed by atoms with van der Waals surface area (Å²) in [6, 6.07) is 0. The molecule has 2 N–H and O–H groups in total. The van der Waals surface area contributed by atoms with Crippen LogP contribution < -0.4 is 10.6 Å². The summed E-state index contributed by atoms with van der Waals surface area (Å²) in [4.78, 5) is 15.2. The molecule has 0 aliphatic rings. The number of amides is 1. The quantitative estimate of drug-likeness (QED) is 0.625. The van der Waals surface area contributed by atoms with Crippen molar-refractivity contribution in [1.29, 1.82) is 0 Å². The zero-order chi connectivity index (χ0) is 12.3. The minimum absolute atomic E-state index is 0.133. The lowest BCUT2D eigenvalue weighted by atomic mass is 10.3.